The standard InChI is InChI=1S/C44H50/c1-23-25(3)29(7)41(30(8)26(23)4)39-21-35-17-13-15-19-37(35)43(33(39)11)44-34(12)40(22-36-18-14-16-20-38(36)44)42-31(9)27(5)24(2)28(6)32(42)10/h13,15,17-22,33,39H,14,16H2,1-12H3/t33-,39?/m1/s1. The Kier molecular flexibility index (Phi) is 7.64. The monoisotopic (exact) mass is 578 g/mol. The van der Waals surface area contributed by atoms with E-state index < -0.39 is 0 Å². The second-order valence-electron chi connectivity index (χ2n) is 13.9. The van der Waals surface area contributed by atoms with Crippen molar-refractivity contribution >= 4 is 23.8 Å². The van der Waals surface area contributed by atoms with Crippen LogP contribution in [-0.4, -0.2) is 0 Å². The first-order chi connectivity index (χ1) is 20.9. The van der Waals surface area contributed by atoms with Crippen molar-refractivity contribution in [3.8, 4) is 11.1 Å². The molecule has 2 aliphatic rings. The molecule has 0 nitrogen and oxygen atoms in total. The van der Waals surface area contributed by atoms with E-state index in [1.165, 1.54) is 110 Å². The quantitative estimate of drug-likeness (QED) is 0.229. The summed E-state index contributed by atoms with van der Waals surface area (Å²) < 4.78 is 0. The third-order valence-electron chi connectivity index (χ3n) is 12.1. The van der Waals surface area contributed by atoms with Gasteiger partial charge in [-0.3, -0.25) is 0 Å². The lowest BCUT2D eigenvalue weighted by Crippen LogP contribution is -2.40. The normalized spacial score (nSPS) is 17.4. The predicted octanol–water partition coefficient (Wildman–Crippen LogP) is 8.51. The van der Waals surface area contributed by atoms with Crippen molar-refractivity contribution in [1.82, 2.24) is 0 Å². The topological polar surface area (TPSA) is 0 Å². The highest BCUT2D eigenvalue weighted by Gasteiger charge is 2.31. The molecule has 2 aliphatic carbocycles. The summed E-state index contributed by atoms with van der Waals surface area (Å²) in [6.45, 7) is 28.1. The molecule has 0 N–H and O–H groups in total. The molecule has 4 aromatic carbocycles. The van der Waals surface area contributed by atoms with Crippen molar-refractivity contribution in [2.24, 2.45) is 5.92 Å². The van der Waals surface area contributed by atoms with Crippen LogP contribution in [0.3, 0.4) is 0 Å². The SMILES string of the molecule is Cc1c(C)c(C)c(-c2cc3c(c(C4=c5ccccc5=CC(c5c(C)c(C)c(C)c(C)c5C)[C@H]4C)c2C)=CCCC=3)c(C)c1C. The number of benzene rings is 4. The van der Waals surface area contributed by atoms with Gasteiger partial charge in [0.25, 0.3) is 0 Å². The first-order valence-electron chi connectivity index (χ1n) is 16.7. The molecule has 0 amide bonds. The molecule has 0 aromatic heterocycles. The van der Waals surface area contributed by atoms with E-state index in [1.54, 1.807) is 0 Å². The minimum absolute atomic E-state index is 0.316. The smallest absolute Gasteiger partial charge is 0.00991 e. The fourth-order valence-electron chi connectivity index (χ4n) is 8.56. The highest BCUT2D eigenvalue weighted by molar-refractivity contribution is 5.84. The van der Waals surface area contributed by atoms with Gasteiger partial charge in [0.05, 0.1) is 0 Å². The molecule has 0 fully saturated rings. The highest BCUT2D eigenvalue weighted by Crippen LogP contribution is 2.43. The first kappa shape index (κ1) is 30.4. The fourth-order valence-corrected chi connectivity index (χ4v) is 8.56. The van der Waals surface area contributed by atoms with Crippen LogP contribution < -0.4 is 20.9 Å². The van der Waals surface area contributed by atoms with E-state index in [4.69, 9.17) is 0 Å². The minimum atomic E-state index is 0.316. The molecule has 0 aliphatic heterocycles. The molecule has 0 spiro atoms. The largest absolute Gasteiger partial charge is 0.0763 e. The molecule has 0 heteroatoms. The van der Waals surface area contributed by atoms with Crippen molar-refractivity contribution in [1.29, 1.82) is 0 Å². The van der Waals surface area contributed by atoms with Crippen LogP contribution in [0.1, 0.15) is 98.0 Å². The maximum atomic E-state index is 2.58. The van der Waals surface area contributed by atoms with Gasteiger partial charge < -0.3 is 0 Å². The second-order valence-corrected chi connectivity index (χ2v) is 13.9. The minimum Gasteiger partial charge on any atom is -0.0763 e. The number of fused-ring (bicyclic) bond motifs is 2. The zero-order chi connectivity index (χ0) is 31.8. The average Bonchev–Trinajstić information content (AvgIpc) is 3.02. The Balaban J connectivity index is 1.74. The predicted molar refractivity (Wildman–Crippen MR) is 192 cm³/mol. The van der Waals surface area contributed by atoms with Gasteiger partial charge in [0.2, 0.25) is 0 Å². The van der Waals surface area contributed by atoms with Crippen LogP contribution in [0, 0.1) is 82.1 Å². The summed E-state index contributed by atoms with van der Waals surface area (Å²) in [5.41, 5.74) is 23.1. The van der Waals surface area contributed by atoms with E-state index in [1.807, 2.05) is 0 Å². The van der Waals surface area contributed by atoms with E-state index in [-0.39, 0.29) is 0 Å². The van der Waals surface area contributed by atoms with Gasteiger partial charge in [0.1, 0.15) is 0 Å². The van der Waals surface area contributed by atoms with Gasteiger partial charge in [-0.15, -0.1) is 0 Å². The van der Waals surface area contributed by atoms with Gasteiger partial charge in [0.15, 0.2) is 0 Å². The Labute approximate surface area is 265 Å². The lowest BCUT2D eigenvalue weighted by Gasteiger charge is -2.33. The Hall–Kier alpha value is -3.64. The van der Waals surface area contributed by atoms with Gasteiger partial charge in [-0.25, -0.2) is 0 Å². The summed E-state index contributed by atoms with van der Waals surface area (Å²) >= 11 is 0. The maximum Gasteiger partial charge on any atom is 0.00991 e. The number of hydrogen-bond donors (Lipinski definition) is 0. The molecule has 44 heavy (non-hydrogen) atoms. The Morgan fingerprint density at radius 3 is 1.66 bits per heavy atom. The molecule has 1 unspecified atom stereocenters. The number of hydrogen-bond acceptors (Lipinski definition) is 0. The van der Waals surface area contributed by atoms with E-state index >= 15 is 0 Å². The van der Waals surface area contributed by atoms with Gasteiger partial charge in [-0.2, -0.15) is 0 Å². The second kappa shape index (κ2) is 11.1. The lowest BCUT2D eigenvalue weighted by atomic mass is 9.70. The van der Waals surface area contributed by atoms with Gasteiger partial charge >= 0.3 is 0 Å². The van der Waals surface area contributed by atoms with Gasteiger partial charge in [-0.05, 0) is 211 Å². The van der Waals surface area contributed by atoms with Crippen LogP contribution in [0.25, 0.3) is 34.9 Å². The summed E-state index contributed by atoms with van der Waals surface area (Å²) in [7, 11) is 0. The Morgan fingerprint density at radius 1 is 0.523 bits per heavy atom. The summed E-state index contributed by atoms with van der Waals surface area (Å²) in [5.74, 6) is 0.650. The van der Waals surface area contributed by atoms with E-state index in [0.29, 0.717) is 11.8 Å². The van der Waals surface area contributed by atoms with Crippen LogP contribution in [0.5, 0.6) is 0 Å². The fraction of sp³-hybridized carbons (Fsp3) is 0.364. The van der Waals surface area contributed by atoms with Gasteiger partial charge in [-0.1, -0.05) is 49.4 Å². The lowest BCUT2D eigenvalue weighted by molar-refractivity contribution is 0.664. The molecule has 4 aromatic rings. The van der Waals surface area contributed by atoms with Crippen LogP contribution in [0.15, 0.2) is 30.3 Å². The maximum absolute atomic E-state index is 2.58. The van der Waals surface area contributed by atoms with Gasteiger partial charge in [0, 0.05) is 5.92 Å². The average molecular weight is 579 g/mol. The molecule has 0 saturated carbocycles. The molecule has 0 heterocycles. The molecule has 226 valence electrons. The van der Waals surface area contributed by atoms with E-state index in [9.17, 15) is 0 Å². The van der Waals surface area contributed by atoms with E-state index in [0.717, 1.165) is 12.8 Å². The molecule has 0 radical (unpaired) electrons. The van der Waals surface area contributed by atoms with Crippen molar-refractivity contribution in [2.45, 2.75) is 102 Å². The highest BCUT2D eigenvalue weighted by atomic mass is 14.3. The molecule has 6 rings (SSSR count). The van der Waals surface area contributed by atoms with Crippen molar-refractivity contribution in [3.05, 3.63) is 124 Å². The van der Waals surface area contributed by atoms with Crippen molar-refractivity contribution in [3.63, 3.8) is 0 Å². The van der Waals surface area contributed by atoms with Crippen molar-refractivity contribution in [2.75, 3.05) is 0 Å². The number of rotatable bonds is 3. The zero-order valence-corrected chi connectivity index (χ0v) is 29.2. The zero-order valence-electron chi connectivity index (χ0n) is 29.2. The third-order valence-corrected chi connectivity index (χ3v) is 12.1. The van der Waals surface area contributed by atoms with Crippen LogP contribution in [0.4, 0.5) is 0 Å². The van der Waals surface area contributed by atoms with E-state index in [2.05, 4.69) is 132 Å². The Bertz CT molecular complexity index is 2070. The summed E-state index contributed by atoms with van der Waals surface area (Å²) in [5, 5.41) is 5.61. The van der Waals surface area contributed by atoms with Crippen LogP contribution >= 0.6 is 0 Å². The molecular formula is C44H50. The molecular weight excluding hydrogens is 528 g/mol. The molecule has 0 bridgehead atoms. The summed E-state index contributed by atoms with van der Waals surface area (Å²) in [4.78, 5) is 0. The summed E-state index contributed by atoms with van der Waals surface area (Å²) in [6.07, 6.45) is 9.81. The summed E-state index contributed by atoms with van der Waals surface area (Å²) in [6, 6.07) is 11.7. The molecule has 2 atom stereocenters. The van der Waals surface area contributed by atoms with Crippen LogP contribution in [-0.2, 0) is 0 Å². The van der Waals surface area contributed by atoms with Crippen LogP contribution in [0.2, 0.25) is 0 Å². The molecule has 0 saturated heterocycles. The van der Waals surface area contributed by atoms with Crippen molar-refractivity contribution < 1.29 is 0 Å². The first-order valence-corrected chi connectivity index (χ1v) is 16.7. The third kappa shape index (κ3) is 4.40. The Morgan fingerprint density at radius 2 is 1.05 bits per heavy atom.